The van der Waals surface area contributed by atoms with Crippen LogP contribution in [0.25, 0.3) is 5.57 Å². The van der Waals surface area contributed by atoms with Crippen molar-refractivity contribution in [2.45, 2.75) is 118 Å². The first-order valence-corrected chi connectivity index (χ1v) is 16.2. The first-order valence-electron chi connectivity index (χ1n) is 16.2. The smallest absolute Gasteiger partial charge is 0.131 e. The predicted octanol–water partition coefficient (Wildman–Crippen LogP) is 10.1. The number of methoxy groups -OCH3 is 1. The van der Waals surface area contributed by atoms with Crippen molar-refractivity contribution in [2.24, 2.45) is 5.92 Å². The molecule has 0 bridgehead atoms. The highest BCUT2D eigenvalue weighted by atomic mass is 16.5. The van der Waals surface area contributed by atoms with Crippen molar-refractivity contribution in [3.8, 4) is 11.5 Å². The number of fused-ring (bicyclic) bond motifs is 2. The normalized spacial score (nSPS) is 20.9. The van der Waals surface area contributed by atoms with Gasteiger partial charge in [-0.3, -0.25) is 0 Å². The van der Waals surface area contributed by atoms with Crippen molar-refractivity contribution in [3.05, 3.63) is 63.0 Å². The Labute approximate surface area is 249 Å². The van der Waals surface area contributed by atoms with Gasteiger partial charge in [0, 0.05) is 37.3 Å². The third-order valence-electron chi connectivity index (χ3n) is 8.95. The van der Waals surface area contributed by atoms with E-state index in [1.54, 1.807) is 12.7 Å². The van der Waals surface area contributed by atoms with E-state index in [0.29, 0.717) is 31.7 Å². The molecule has 2 unspecified atom stereocenters. The van der Waals surface area contributed by atoms with Gasteiger partial charge in [0.25, 0.3) is 0 Å². The van der Waals surface area contributed by atoms with Gasteiger partial charge in [-0.05, 0) is 124 Å². The SMILES string of the molecule is CCOC(=C(C)C)/C1=C/C2=C(CCCCC1=C1CCC1)c1cc(C(C)CC)c(OCCCOC)cc1OC2C(C)C. The van der Waals surface area contributed by atoms with Crippen LogP contribution in [-0.4, -0.2) is 33.0 Å². The van der Waals surface area contributed by atoms with Gasteiger partial charge in [-0.25, -0.2) is 0 Å². The minimum absolute atomic E-state index is 0.0194. The summed E-state index contributed by atoms with van der Waals surface area (Å²) >= 11 is 0. The maximum atomic E-state index is 6.94. The van der Waals surface area contributed by atoms with E-state index in [9.17, 15) is 0 Å². The van der Waals surface area contributed by atoms with E-state index >= 15 is 0 Å². The van der Waals surface area contributed by atoms with Crippen molar-refractivity contribution in [1.82, 2.24) is 0 Å². The first kappa shape index (κ1) is 31.5. The molecular formula is C37H54O4. The molecule has 226 valence electrons. The van der Waals surface area contributed by atoms with Crippen LogP contribution in [0.5, 0.6) is 11.5 Å². The largest absolute Gasteiger partial charge is 0.493 e. The lowest BCUT2D eigenvalue weighted by Crippen LogP contribution is -2.29. The molecule has 0 amide bonds. The van der Waals surface area contributed by atoms with Gasteiger partial charge in [0.15, 0.2) is 0 Å². The van der Waals surface area contributed by atoms with E-state index in [4.69, 9.17) is 18.9 Å². The van der Waals surface area contributed by atoms with Gasteiger partial charge < -0.3 is 18.9 Å². The van der Waals surface area contributed by atoms with Crippen LogP contribution in [0, 0.1) is 5.92 Å². The molecule has 4 heteroatoms. The minimum Gasteiger partial charge on any atom is -0.493 e. The maximum absolute atomic E-state index is 6.94. The van der Waals surface area contributed by atoms with E-state index in [2.05, 4.69) is 66.7 Å². The Bertz CT molecular complexity index is 1190. The Balaban J connectivity index is 1.94. The number of hydrogen-bond donors (Lipinski definition) is 0. The monoisotopic (exact) mass is 562 g/mol. The van der Waals surface area contributed by atoms with E-state index in [1.165, 1.54) is 71.1 Å². The summed E-state index contributed by atoms with van der Waals surface area (Å²) in [7, 11) is 1.74. The quantitative estimate of drug-likeness (QED) is 0.199. The van der Waals surface area contributed by atoms with Crippen LogP contribution in [0.4, 0.5) is 0 Å². The molecule has 1 aromatic rings. The molecule has 1 saturated carbocycles. The maximum Gasteiger partial charge on any atom is 0.131 e. The zero-order valence-electron chi connectivity index (χ0n) is 27.1. The van der Waals surface area contributed by atoms with Gasteiger partial charge in [-0.2, -0.15) is 0 Å². The van der Waals surface area contributed by atoms with Crippen LogP contribution in [0.3, 0.4) is 0 Å². The molecule has 2 atom stereocenters. The molecule has 1 aromatic carbocycles. The van der Waals surface area contributed by atoms with Crippen molar-refractivity contribution in [3.63, 3.8) is 0 Å². The zero-order valence-corrected chi connectivity index (χ0v) is 27.1. The van der Waals surface area contributed by atoms with Crippen LogP contribution in [0.1, 0.15) is 123 Å². The molecule has 0 radical (unpaired) electrons. The fourth-order valence-corrected chi connectivity index (χ4v) is 6.34. The summed E-state index contributed by atoms with van der Waals surface area (Å²) in [5, 5.41) is 0. The van der Waals surface area contributed by atoms with Gasteiger partial charge in [0.2, 0.25) is 0 Å². The molecule has 4 rings (SSSR count). The lowest BCUT2D eigenvalue weighted by atomic mass is 9.80. The fraction of sp³-hybridized carbons (Fsp3) is 0.622. The number of allylic oxidation sites excluding steroid dienone is 4. The van der Waals surface area contributed by atoms with Crippen molar-refractivity contribution in [1.29, 1.82) is 0 Å². The summed E-state index contributed by atoms with van der Waals surface area (Å²) < 4.78 is 25.0. The van der Waals surface area contributed by atoms with Crippen LogP contribution < -0.4 is 9.47 Å². The minimum atomic E-state index is -0.0194. The topological polar surface area (TPSA) is 36.9 Å². The van der Waals surface area contributed by atoms with Gasteiger partial charge in [-0.15, -0.1) is 0 Å². The second kappa shape index (κ2) is 14.6. The summed E-state index contributed by atoms with van der Waals surface area (Å²) in [5.41, 5.74) is 11.0. The van der Waals surface area contributed by atoms with E-state index in [1.807, 2.05) is 0 Å². The van der Waals surface area contributed by atoms with Gasteiger partial charge in [0.05, 0.1) is 13.2 Å². The molecule has 0 spiro atoms. The third kappa shape index (κ3) is 7.13. The van der Waals surface area contributed by atoms with Crippen molar-refractivity contribution in [2.75, 3.05) is 26.9 Å². The van der Waals surface area contributed by atoms with Gasteiger partial charge >= 0.3 is 0 Å². The Morgan fingerprint density at radius 2 is 1.68 bits per heavy atom. The predicted molar refractivity (Wildman–Crippen MR) is 171 cm³/mol. The third-order valence-corrected chi connectivity index (χ3v) is 8.95. The second-order valence-electron chi connectivity index (χ2n) is 12.6. The highest BCUT2D eigenvalue weighted by molar-refractivity contribution is 5.80. The average Bonchev–Trinajstić information content (AvgIpc) is 3.01. The molecule has 2 aliphatic carbocycles. The molecule has 0 saturated heterocycles. The highest BCUT2D eigenvalue weighted by Crippen LogP contribution is 2.48. The Hall–Kier alpha value is -2.46. The summed E-state index contributed by atoms with van der Waals surface area (Å²) in [6.07, 6.45) is 12.7. The van der Waals surface area contributed by atoms with Gasteiger partial charge in [-0.1, -0.05) is 33.3 Å². The number of benzene rings is 1. The van der Waals surface area contributed by atoms with Crippen LogP contribution in [-0.2, 0) is 9.47 Å². The molecule has 1 heterocycles. The van der Waals surface area contributed by atoms with Crippen molar-refractivity contribution >= 4 is 5.57 Å². The van der Waals surface area contributed by atoms with E-state index < -0.39 is 0 Å². The summed E-state index contributed by atoms with van der Waals surface area (Å²) in [5.74, 6) is 3.71. The first-order chi connectivity index (χ1) is 19.8. The fourth-order valence-electron chi connectivity index (χ4n) is 6.34. The molecule has 0 aromatic heterocycles. The molecule has 3 aliphatic rings. The number of ether oxygens (including phenoxy) is 4. The molecule has 1 aliphatic heterocycles. The average molecular weight is 563 g/mol. The molecule has 0 N–H and O–H groups in total. The Morgan fingerprint density at radius 1 is 0.951 bits per heavy atom. The molecule has 1 fully saturated rings. The summed E-state index contributed by atoms with van der Waals surface area (Å²) in [6.45, 7) is 17.6. The Kier molecular flexibility index (Phi) is 11.2. The second-order valence-corrected chi connectivity index (χ2v) is 12.6. The highest BCUT2D eigenvalue weighted by Gasteiger charge is 2.33. The zero-order chi connectivity index (χ0) is 29.5. The molecule has 41 heavy (non-hydrogen) atoms. The number of rotatable bonds is 11. The van der Waals surface area contributed by atoms with Crippen LogP contribution in [0.15, 0.2) is 51.8 Å². The van der Waals surface area contributed by atoms with Crippen molar-refractivity contribution < 1.29 is 18.9 Å². The summed E-state index contributed by atoms with van der Waals surface area (Å²) in [6, 6.07) is 4.58. The Morgan fingerprint density at radius 3 is 2.27 bits per heavy atom. The van der Waals surface area contributed by atoms with E-state index in [0.717, 1.165) is 42.9 Å². The van der Waals surface area contributed by atoms with Gasteiger partial charge in [0.1, 0.15) is 23.4 Å². The van der Waals surface area contributed by atoms with Crippen LogP contribution in [0.2, 0.25) is 0 Å². The summed E-state index contributed by atoms with van der Waals surface area (Å²) in [4.78, 5) is 0. The van der Waals surface area contributed by atoms with E-state index in [-0.39, 0.29) is 6.10 Å². The number of hydrogen-bond acceptors (Lipinski definition) is 4. The van der Waals surface area contributed by atoms with Crippen LogP contribution >= 0.6 is 0 Å². The lowest BCUT2D eigenvalue weighted by Gasteiger charge is -2.34. The lowest BCUT2D eigenvalue weighted by molar-refractivity contribution is 0.169. The molecule has 4 nitrogen and oxygen atoms in total. The molecular weight excluding hydrogens is 508 g/mol. The standard InChI is InChI=1S/C37H54O4/c1-9-26(7)30-21-31-29-18-12-11-17-28(27-15-13-16-27)32(36(24(3)4)39-10-2)22-33(29)37(25(5)6)41-35(31)23-34(30)40-20-14-19-38-8/h21-23,25-26,37H,9-20H2,1-8H3/b32-22+.